The van der Waals surface area contributed by atoms with Crippen LogP contribution < -0.4 is 5.14 Å². The second kappa shape index (κ2) is 4.06. The molecule has 1 atom stereocenters. The Morgan fingerprint density at radius 1 is 1.31 bits per heavy atom. The van der Waals surface area contributed by atoms with Crippen LogP contribution in [0.1, 0.15) is 23.3 Å². The predicted octanol–water partition coefficient (Wildman–Crippen LogP) is 2.05. The minimum absolute atomic E-state index is 0.0253. The number of hydrogen-bond acceptors (Lipinski definition) is 2. The van der Waals surface area contributed by atoms with Crippen molar-refractivity contribution in [1.82, 2.24) is 0 Å². The average molecular weight is 253 g/mol. The van der Waals surface area contributed by atoms with Gasteiger partial charge in [-0.25, -0.2) is 13.6 Å². The standard InChI is InChI=1S/C9H10F3NO2S/c1-6(16(13,14)15)7-3-2-4-8(5-7)9(10,11)12/h2-6H,1H3,(H2,13,14,15). The van der Waals surface area contributed by atoms with Crippen molar-refractivity contribution in [2.75, 3.05) is 0 Å². The quantitative estimate of drug-likeness (QED) is 0.876. The molecule has 0 radical (unpaired) electrons. The molecule has 1 aromatic carbocycles. The Kier molecular flexibility index (Phi) is 3.30. The van der Waals surface area contributed by atoms with Crippen molar-refractivity contribution in [3.63, 3.8) is 0 Å². The molecule has 7 heteroatoms. The number of sulfonamides is 1. The van der Waals surface area contributed by atoms with Crippen molar-refractivity contribution < 1.29 is 21.6 Å². The summed E-state index contributed by atoms with van der Waals surface area (Å²) >= 11 is 0. The fraction of sp³-hybridized carbons (Fsp3) is 0.333. The molecule has 1 aromatic rings. The molecule has 3 nitrogen and oxygen atoms in total. The molecule has 0 aliphatic carbocycles. The zero-order valence-electron chi connectivity index (χ0n) is 8.32. The second-order valence-electron chi connectivity index (χ2n) is 3.35. The number of halogens is 3. The number of primary sulfonamides is 1. The fourth-order valence-corrected chi connectivity index (χ4v) is 1.68. The van der Waals surface area contributed by atoms with Crippen molar-refractivity contribution in [3.8, 4) is 0 Å². The van der Waals surface area contributed by atoms with Gasteiger partial charge in [0.1, 0.15) is 0 Å². The van der Waals surface area contributed by atoms with Gasteiger partial charge in [-0.3, -0.25) is 0 Å². The van der Waals surface area contributed by atoms with Crippen LogP contribution in [0.2, 0.25) is 0 Å². The maximum Gasteiger partial charge on any atom is 0.416 e. The lowest BCUT2D eigenvalue weighted by atomic mass is 10.1. The molecule has 0 fully saturated rings. The number of benzene rings is 1. The monoisotopic (exact) mass is 253 g/mol. The molecule has 0 aliphatic rings. The molecule has 0 heterocycles. The third-order valence-corrected chi connectivity index (χ3v) is 3.43. The number of nitrogens with two attached hydrogens (primary N) is 1. The van der Waals surface area contributed by atoms with E-state index in [1.807, 2.05) is 0 Å². The molecule has 0 aliphatic heterocycles. The van der Waals surface area contributed by atoms with Crippen molar-refractivity contribution in [1.29, 1.82) is 0 Å². The van der Waals surface area contributed by atoms with E-state index in [9.17, 15) is 21.6 Å². The second-order valence-corrected chi connectivity index (χ2v) is 5.24. The zero-order valence-corrected chi connectivity index (χ0v) is 9.14. The van der Waals surface area contributed by atoms with Gasteiger partial charge < -0.3 is 0 Å². The van der Waals surface area contributed by atoms with Gasteiger partial charge in [0.25, 0.3) is 0 Å². The van der Waals surface area contributed by atoms with Gasteiger partial charge in [0.05, 0.1) is 10.8 Å². The summed E-state index contributed by atoms with van der Waals surface area (Å²) in [5.74, 6) is 0. The Morgan fingerprint density at radius 3 is 2.31 bits per heavy atom. The van der Waals surface area contributed by atoms with Gasteiger partial charge >= 0.3 is 6.18 Å². The molecule has 1 unspecified atom stereocenters. The lowest BCUT2D eigenvalue weighted by molar-refractivity contribution is -0.137. The van der Waals surface area contributed by atoms with Gasteiger partial charge in [0, 0.05) is 0 Å². The van der Waals surface area contributed by atoms with Crippen LogP contribution >= 0.6 is 0 Å². The molecule has 0 spiro atoms. The fourth-order valence-electron chi connectivity index (χ4n) is 1.16. The van der Waals surface area contributed by atoms with E-state index in [1.54, 1.807) is 0 Å². The SMILES string of the molecule is CC(c1cccc(C(F)(F)F)c1)S(N)(=O)=O. The van der Waals surface area contributed by atoms with Crippen LogP contribution in [0, 0.1) is 0 Å². The van der Waals surface area contributed by atoms with Crippen LogP contribution in [-0.2, 0) is 16.2 Å². The molecule has 90 valence electrons. The topological polar surface area (TPSA) is 60.2 Å². The maximum atomic E-state index is 12.3. The van der Waals surface area contributed by atoms with E-state index >= 15 is 0 Å². The molecule has 0 saturated heterocycles. The van der Waals surface area contributed by atoms with Crippen LogP contribution in [0.25, 0.3) is 0 Å². The first kappa shape index (κ1) is 13.0. The molecule has 2 N–H and O–H groups in total. The molecular formula is C9H10F3NO2S. The van der Waals surface area contributed by atoms with Crippen LogP contribution in [0.3, 0.4) is 0 Å². The summed E-state index contributed by atoms with van der Waals surface area (Å²) < 4.78 is 59.0. The van der Waals surface area contributed by atoms with Gasteiger partial charge in [0.15, 0.2) is 0 Å². The Bertz CT molecular complexity index is 482. The largest absolute Gasteiger partial charge is 0.416 e. The highest BCUT2D eigenvalue weighted by Crippen LogP contribution is 2.31. The first-order chi connectivity index (χ1) is 7.12. The average Bonchev–Trinajstić information content (AvgIpc) is 2.14. The summed E-state index contributed by atoms with van der Waals surface area (Å²) in [6.07, 6.45) is -4.49. The van der Waals surface area contributed by atoms with Crippen molar-refractivity contribution >= 4 is 10.0 Å². The summed E-state index contributed by atoms with van der Waals surface area (Å²) in [6.45, 7) is 1.24. The van der Waals surface area contributed by atoms with E-state index in [2.05, 4.69) is 0 Å². The van der Waals surface area contributed by atoms with Gasteiger partial charge in [-0.1, -0.05) is 18.2 Å². The summed E-state index contributed by atoms with van der Waals surface area (Å²) in [4.78, 5) is 0. The van der Waals surface area contributed by atoms with Crippen molar-refractivity contribution in [2.24, 2.45) is 5.14 Å². The van der Waals surface area contributed by atoms with E-state index < -0.39 is 27.0 Å². The summed E-state index contributed by atoms with van der Waals surface area (Å²) in [5.41, 5.74) is -0.863. The van der Waals surface area contributed by atoms with Gasteiger partial charge in [-0.05, 0) is 18.6 Å². The normalized spacial score (nSPS) is 14.8. The number of rotatable bonds is 2. The third kappa shape index (κ3) is 2.96. The van der Waals surface area contributed by atoms with Gasteiger partial charge in [0.2, 0.25) is 10.0 Å². The smallest absolute Gasteiger partial charge is 0.228 e. The number of hydrogen-bond donors (Lipinski definition) is 1. The van der Waals surface area contributed by atoms with Crippen LogP contribution in [0.15, 0.2) is 24.3 Å². The Labute approximate surface area is 91.1 Å². The van der Waals surface area contributed by atoms with Gasteiger partial charge in [-0.15, -0.1) is 0 Å². The minimum Gasteiger partial charge on any atom is -0.228 e. The Balaban J connectivity index is 3.19. The summed E-state index contributed by atoms with van der Waals surface area (Å²) in [7, 11) is -3.89. The maximum absolute atomic E-state index is 12.3. The highest BCUT2D eigenvalue weighted by molar-refractivity contribution is 7.89. The lowest BCUT2D eigenvalue weighted by Gasteiger charge is -2.12. The molecule has 1 rings (SSSR count). The Morgan fingerprint density at radius 2 is 1.88 bits per heavy atom. The predicted molar refractivity (Wildman–Crippen MR) is 53.0 cm³/mol. The van der Waals surface area contributed by atoms with E-state index in [1.165, 1.54) is 13.0 Å². The van der Waals surface area contributed by atoms with Gasteiger partial charge in [-0.2, -0.15) is 13.2 Å². The molecule has 0 bridgehead atoms. The highest BCUT2D eigenvalue weighted by Gasteiger charge is 2.31. The lowest BCUT2D eigenvalue weighted by Crippen LogP contribution is -2.19. The first-order valence-corrected chi connectivity index (χ1v) is 5.92. The van der Waals surface area contributed by atoms with Crippen LogP contribution in [0.5, 0.6) is 0 Å². The van der Waals surface area contributed by atoms with E-state index in [4.69, 9.17) is 5.14 Å². The molecule has 0 saturated carbocycles. The summed E-state index contributed by atoms with van der Waals surface area (Å²) in [6, 6.07) is 4.11. The Hall–Kier alpha value is -1.08. The number of alkyl halides is 3. The molecule has 16 heavy (non-hydrogen) atoms. The van der Waals surface area contributed by atoms with E-state index in [0.29, 0.717) is 0 Å². The first-order valence-electron chi connectivity index (χ1n) is 4.31. The highest BCUT2D eigenvalue weighted by atomic mass is 32.2. The minimum atomic E-state index is -4.49. The van der Waals surface area contributed by atoms with Crippen molar-refractivity contribution in [3.05, 3.63) is 35.4 Å². The third-order valence-electron chi connectivity index (χ3n) is 2.18. The van der Waals surface area contributed by atoms with Crippen LogP contribution in [-0.4, -0.2) is 8.42 Å². The molecule has 0 amide bonds. The zero-order chi connectivity index (χ0) is 12.6. The van der Waals surface area contributed by atoms with Crippen molar-refractivity contribution in [2.45, 2.75) is 18.3 Å². The molecule has 0 aromatic heterocycles. The molecular weight excluding hydrogens is 243 g/mol. The van der Waals surface area contributed by atoms with Crippen LogP contribution in [0.4, 0.5) is 13.2 Å². The van der Waals surface area contributed by atoms with E-state index in [-0.39, 0.29) is 5.56 Å². The van der Waals surface area contributed by atoms with E-state index in [0.717, 1.165) is 18.2 Å². The summed E-state index contributed by atoms with van der Waals surface area (Å²) in [5, 5.41) is 3.70.